The highest BCUT2D eigenvalue weighted by atomic mass is 32.2. The molecule has 1 aliphatic rings. The smallest absolute Gasteiger partial charge is 0.240 e. The van der Waals surface area contributed by atoms with E-state index in [0.29, 0.717) is 5.75 Å². The van der Waals surface area contributed by atoms with Gasteiger partial charge >= 0.3 is 0 Å². The maximum Gasteiger partial charge on any atom is 0.240 e. The number of sulfonamides is 1. The van der Waals surface area contributed by atoms with Crippen LogP contribution in [0.5, 0.6) is 0 Å². The Bertz CT molecular complexity index is 1990. The maximum absolute atomic E-state index is 12.7. The molecule has 0 radical (unpaired) electrons. The molecule has 1 amide bonds. The van der Waals surface area contributed by atoms with E-state index in [1.807, 2.05) is 97.1 Å². The van der Waals surface area contributed by atoms with Gasteiger partial charge in [-0.05, 0) is 70.3 Å². The summed E-state index contributed by atoms with van der Waals surface area (Å²) in [4.78, 5) is 12.7. The van der Waals surface area contributed by atoms with Gasteiger partial charge in [0.25, 0.3) is 0 Å². The summed E-state index contributed by atoms with van der Waals surface area (Å²) in [5, 5.41) is 12.4. The van der Waals surface area contributed by atoms with Gasteiger partial charge < -0.3 is 19.9 Å². The lowest BCUT2D eigenvalue weighted by atomic mass is 9.91. The standard InChI is InChI=1S/C40H40N2O6S2/c1-27-38(26-49-36-21-19-35(20-22-36)42-28(2)44)47-40(48-39(27)32-13-11-29(25-43)12-14-32)33-17-15-31(16-18-33)34-8-6-7-30(23-34)24-41-50(45,46)37-9-4-3-5-10-37/h3-23,27,38-41,43H,24-26H2,1-2H3,(H,42,44). The topological polar surface area (TPSA) is 114 Å². The number of carbonyl (C=O) groups excluding carboxylic acids is 1. The number of hydrogen-bond acceptors (Lipinski definition) is 7. The Morgan fingerprint density at radius 3 is 2.16 bits per heavy atom. The van der Waals surface area contributed by atoms with Crippen molar-refractivity contribution in [2.24, 2.45) is 5.92 Å². The lowest BCUT2D eigenvalue weighted by Gasteiger charge is -2.41. The van der Waals surface area contributed by atoms with Crippen LogP contribution in [0, 0.1) is 5.92 Å². The molecule has 4 unspecified atom stereocenters. The zero-order chi connectivity index (χ0) is 35.1. The van der Waals surface area contributed by atoms with Crippen molar-refractivity contribution in [1.29, 1.82) is 0 Å². The van der Waals surface area contributed by atoms with E-state index in [9.17, 15) is 18.3 Å². The first-order valence-corrected chi connectivity index (χ1v) is 18.9. The van der Waals surface area contributed by atoms with Crippen LogP contribution in [0.4, 0.5) is 5.69 Å². The Morgan fingerprint density at radius 2 is 1.48 bits per heavy atom. The average Bonchev–Trinajstić information content (AvgIpc) is 3.14. The molecule has 50 heavy (non-hydrogen) atoms. The van der Waals surface area contributed by atoms with Crippen LogP contribution >= 0.6 is 11.8 Å². The number of benzene rings is 5. The SMILES string of the molecule is CC(=O)Nc1ccc(SCC2OC(c3ccc(-c4cccc(CNS(=O)(=O)c5ccccc5)c4)cc3)OC(c3ccc(CO)cc3)C2C)cc1. The molecule has 5 aromatic carbocycles. The predicted molar refractivity (Wildman–Crippen MR) is 197 cm³/mol. The van der Waals surface area contributed by atoms with Crippen LogP contribution in [0.1, 0.15) is 48.5 Å². The summed E-state index contributed by atoms with van der Waals surface area (Å²) in [5.74, 6) is 0.633. The zero-order valence-electron chi connectivity index (χ0n) is 27.9. The first-order valence-electron chi connectivity index (χ1n) is 16.4. The van der Waals surface area contributed by atoms with Crippen LogP contribution in [-0.2, 0) is 37.4 Å². The molecule has 0 saturated carbocycles. The molecule has 10 heteroatoms. The normalized spacial score (nSPS) is 19.2. The van der Waals surface area contributed by atoms with Gasteiger partial charge in [0.05, 0.1) is 23.7 Å². The number of rotatable bonds is 12. The predicted octanol–water partition coefficient (Wildman–Crippen LogP) is 7.87. The van der Waals surface area contributed by atoms with Crippen LogP contribution in [0.2, 0.25) is 0 Å². The van der Waals surface area contributed by atoms with E-state index < -0.39 is 16.3 Å². The number of anilines is 1. The van der Waals surface area contributed by atoms with Crippen LogP contribution in [0.3, 0.4) is 0 Å². The third-order valence-corrected chi connectivity index (χ3v) is 11.2. The molecule has 5 aromatic rings. The van der Waals surface area contributed by atoms with Crippen molar-refractivity contribution in [3.63, 3.8) is 0 Å². The second-order valence-electron chi connectivity index (χ2n) is 12.3. The van der Waals surface area contributed by atoms with Gasteiger partial charge in [-0.2, -0.15) is 0 Å². The number of thioether (sulfide) groups is 1. The van der Waals surface area contributed by atoms with Gasteiger partial charge in [0.1, 0.15) is 0 Å². The van der Waals surface area contributed by atoms with E-state index in [1.54, 1.807) is 42.1 Å². The molecule has 4 atom stereocenters. The molecule has 1 saturated heterocycles. The minimum absolute atomic E-state index is 0.0222. The number of aliphatic hydroxyl groups is 1. The largest absolute Gasteiger partial charge is 0.392 e. The monoisotopic (exact) mass is 708 g/mol. The van der Waals surface area contributed by atoms with E-state index in [-0.39, 0.29) is 42.1 Å². The summed E-state index contributed by atoms with van der Waals surface area (Å²) < 4.78 is 41.4. The van der Waals surface area contributed by atoms with Gasteiger partial charge in [0.15, 0.2) is 6.29 Å². The van der Waals surface area contributed by atoms with Gasteiger partial charge in [0, 0.05) is 41.3 Å². The first kappa shape index (κ1) is 35.5. The molecular formula is C40H40N2O6S2. The maximum atomic E-state index is 12.7. The molecule has 1 aliphatic heterocycles. The molecule has 1 fully saturated rings. The third kappa shape index (κ3) is 8.89. The third-order valence-electron chi connectivity index (χ3n) is 8.68. The van der Waals surface area contributed by atoms with Crippen molar-refractivity contribution in [1.82, 2.24) is 4.72 Å². The van der Waals surface area contributed by atoms with Crippen molar-refractivity contribution in [2.75, 3.05) is 11.1 Å². The molecule has 6 rings (SSSR count). The van der Waals surface area contributed by atoms with Crippen LogP contribution in [-0.4, -0.2) is 31.3 Å². The van der Waals surface area contributed by atoms with E-state index in [4.69, 9.17) is 9.47 Å². The quantitative estimate of drug-likeness (QED) is 0.113. The van der Waals surface area contributed by atoms with Gasteiger partial charge in [-0.3, -0.25) is 4.79 Å². The molecule has 8 nitrogen and oxygen atoms in total. The van der Waals surface area contributed by atoms with Crippen molar-refractivity contribution in [3.8, 4) is 11.1 Å². The average molecular weight is 709 g/mol. The van der Waals surface area contributed by atoms with Crippen molar-refractivity contribution in [3.05, 3.63) is 150 Å². The van der Waals surface area contributed by atoms with Gasteiger partial charge in [0.2, 0.25) is 15.9 Å². The second-order valence-corrected chi connectivity index (χ2v) is 15.2. The fourth-order valence-corrected chi connectivity index (χ4v) is 7.99. The summed E-state index contributed by atoms with van der Waals surface area (Å²) in [5.41, 5.74) is 6.30. The highest BCUT2D eigenvalue weighted by Crippen LogP contribution is 2.43. The lowest BCUT2D eigenvalue weighted by Crippen LogP contribution is -2.38. The number of carbonyl (C=O) groups is 1. The molecule has 0 aromatic heterocycles. The zero-order valence-corrected chi connectivity index (χ0v) is 29.5. The summed E-state index contributed by atoms with van der Waals surface area (Å²) in [7, 11) is -3.62. The summed E-state index contributed by atoms with van der Waals surface area (Å²) in [6, 6.07) is 39.9. The van der Waals surface area contributed by atoms with E-state index in [0.717, 1.165) is 44.0 Å². The molecule has 1 heterocycles. The Hall–Kier alpha value is -4.29. The first-order chi connectivity index (χ1) is 24.2. The van der Waals surface area contributed by atoms with Crippen molar-refractivity contribution < 1.29 is 27.8 Å². The molecule has 0 aliphatic carbocycles. The van der Waals surface area contributed by atoms with Crippen molar-refractivity contribution in [2.45, 2.75) is 55.3 Å². The van der Waals surface area contributed by atoms with Crippen LogP contribution in [0.25, 0.3) is 11.1 Å². The van der Waals surface area contributed by atoms with E-state index in [2.05, 4.69) is 17.0 Å². The van der Waals surface area contributed by atoms with Gasteiger partial charge in [-0.15, -0.1) is 11.8 Å². The minimum Gasteiger partial charge on any atom is -0.392 e. The second kappa shape index (κ2) is 16.2. The number of nitrogens with one attached hydrogen (secondary N) is 2. The Balaban J connectivity index is 1.18. The highest BCUT2D eigenvalue weighted by Gasteiger charge is 2.38. The minimum atomic E-state index is -3.62. The molecule has 3 N–H and O–H groups in total. The Labute approximate surface area is 297 Å². The molecule has 0 bridgehead atoms. The summed E-state index contributed by atoms with van der Waals surface area (Å²) in [6.45, 7) is 3.78. The highest BCUT2D eigenvalue weighted by molar-refractivity contribution is 7.99. The lowest BCUT2D eigenvalue weighted by molar-refractivity contribution is -0.268. The van der Waals surface area contributed by atoms with Crippen LogP contribution in [0.15, 0.2) is 137 Å². The van der Waals surface area contributed by atoms with Gasteiger partial charge in [-0.25, -0.2) is 13.1 Å². The van der Waals surface area contributed by atoms with E-state index >= 15 is 0 Å². The van der Waals surface area contributed by atoms with Crippen LogP contribution < -0.4 is 10.0 Å². The fraction of sp³-hybridized carbons (Fsp3) is 0.225. The van der Waals surface area contributed by atoms with E-state index in [1.165, 1.54) is 6.92 Å². The number of amides is 1. The van der Waals surface area contributed by atoms with Crippen molar-refractivity contribution >= 4 is 33.4 Å². The molecular weight excluding hydrogens is 669 g/mol. The number of ether oxygens (including phenoxy) is 2. The molecule has 258 valence electrons. The number of aliphatic hydroxyl groups excluding tert-OH is 1. The van der Waals surface area contributed by atoms with Gasteiger partial charge in [-0.1, -0.05) is 91.9 Å². The Kier molecular flexibility index (Phi) is 11.5. The Morgan fingerprint density at radius 1 is 0.780 bits per heavy atom. The summed E-state index contributed by atoms with van der Waals surface area (Å²) in [6.07, 6.45) is -0.966. The molecule has 0 spiro atoms. The fourth-order valence-electron chi connectivity index (χ4n) is 5.88. The number of hydrogen-bond donors (Lipinski definition) is 3. The summed E-state index contributed by atoms with van der Waals surface area (Å²) >= 11 is 1.69.